The number of benzene rings is 1. The fraction of sp³-hybridized carbons (Fsp3) is 0.650. The quantitative estimate of drug-likeness (QED) is 0.324. The van der Waals surface area contributed by atoms with E-state index in [1.165, 1.54) is 38.5 Å². The average Bonchev–Trinajstić information content (AvgIpc) is 2.58. The van der Waals surface area contributed by atoms with Crippen molar-refractivity contribution in [2.45, 2.75) is 84.2 Å². The van der Waals surface area contributed by atoms with Crippen LogP contribution in [-0.4, -0.2) is 12.1 Å². The lowest BCUT2D eigenvalue weighted by Gasteiger charge is -2.16. The molecule has 0 saturated heterocycles. The first-order valence-electron chi connectivity index (χ1n) is 9.24. The van der Waals surface area contributed by atoms with Gasteiger partial charge in [0.1, 0.15) is 17.7 Å². The lowest BCUT2D eigenvalue weighted by molar-refractivity contribution is 0.0261. The maximum absolute atomic E-state index is 13.6. The van der Waals surface area contributed by atoms with Gasteiger partial charge in [-0.1, -0.05) is 58.8 Å². The summed E-state index contributed by atoms with van der Waals surface area (Å²) in [5, 5.41) is 0. The van der Waals surface area contributed by atoms with Crippen molar-refractivity contribution in [3.63, 3.8) is 0 Å². The number of hydrogen-bond acceptors (Lipinski definition) is 2. The van der Waals surface area contributed by atoms with E-state index in [1.54, 1.807) is 0 Å². The number of esters is 1. The monoisotopic (exact) mass is 340 g/mol. The molecule has 0 aromatic heterocycles. The molecule has 136 valence electrons. The molecule has 0 heterocycles. The summed E-state index contributed by atoms with van der Waals surface area (Å²) < 4.78 is 32.1. The summed E-state index contributed by atoms with van der Waals surface area (Å²) in [4.78, 5) is 12.0. The molecule has 4 heteroatoms. The van der Waals surface area contributed by atoms with E-state index in [9.17, 15) is 13.6 Å². The third kappa shape index (κ3) is 7.89. The van der Waals surface area contributed by atoms with Gasteiger partial charge in [-0.15, -0.1) is 0 Å². The van der Waals surface area contributed by atoms with Crippen molar-refractivity contribution in [1.29, 1.82) is 0 Å². The number of ether oxygens (including phenoxy) is 1. The SMILES string of the molecule is CCCCCCCCCCC(CC)OC(=O)c1cc(F)ccc1F. The highest BCUT2D eigenvalue weighted by Crippen LogP contribution is 2.17. The van der Waals surface area contributed by atoms with Crippen LogP contribution in [0.5, 0.6) is 0 Å². The molecule has 0 aliphatic carbocycles. The van der Waals surface area contributed by atoms with Crippen LogP contribution in [0.4, 0.5) is 8.78 Å². The summed E-state index contributed by atoms with van der Waals surface area (Å²) in [6.45, 7) is 4.15. The van der Waals surface area contributed by atoms with Crippen molar-refractivity contribution in [1.82, 2.24) is 0 Å². The standard InChI is InChI=1S/C20H30F2O2/c1-3-5-6-7-8-9-10-11-12-17(4-2)24-20(23)18-15-16(21)13-14-19(18)22/h13-15,17H,3-12H2,1-2H3. The van der Waals surface area contributed by atoms with Gasteiger partial charge in [-0.25, -0.2) is 13.6 Å². The van der Waals surface area contributed by atoms with E-state index in [0.29, 0.717) is 6.42 Å². The van der Waals surface area contributed by atoms with E-state index in [2.05, 4.69) is 6.92 Å². The maximum atomic E-state index is 13.6. The van der Waals surface area contributed by atoms with Gasteiger partial charge in [0.15, 0.2) is 0 Å². The van der Waals surface area contributed by atoms with E-state index in [4.69, 9.17) is 4.74 Å². The molecule has 0 fully saturated rings. The number of unbranched alkanes of at least 4 members (excludes halogenated alkanes) is 7. The Labute approximate surface area is 144 Å². The number of rotatable bonds is 12. The lowest BCUT2D eigenvalue weighted by atomic mass is 10.0. The van der Waals surface area contributed by atoms with Crippen molar-refractivity contribution in [2.75, 3.05) is 0 Å². The first-order valence-corrected chi connectivity index (χ1v) is 9.24. The Kier molecular flexibility index (Phi) is 10.3. The van der Waals surface area contributed by atoms with Crippen molar-refractivity contribution >= 4 is 5.97 Å². The van der Waals surface area contributed by atoms with Gasteiger partial charge >= 0.3 is 5.97 Å². The molecule has 24 heavy (non-hydrogen) atoms. The van der Waals surface area contributed by atoms with Gasteiger partial charge < -0.3 is 4.74 Å². The van der Waals surface area contributed by atoms with Crippen LogP contribution in [0.1, 0.15) is 88.4 Å². The van der Waals surface area contributed by atoms with Crippen LogP contribution in [0, 0.1) is 11.6 Å². The predicted molar refractivity (Wildman–Crippen MR) is 93.1 cm³/mol. The van der Waals surface area contributed by atoms with Crippen LogP contribution in [0.25, 0.3) is 0 Å². The van der Waals surface area contributed by atoms with Crippen molar-refractivity contribution in [2.24, 2.45) is 0 Å². The Balaban J connectivity index is 2.29. The maximum Gasteiger partial charge on any atom is 0.341 e. The van der Waals surface area contributed by atoms with E-state index in [1.807, 2.05) is 6.92 Å². The first-order chi connectivity index (χ1) is 11.6. The molecule has 1 unspecified atom stereocenters. The molecule has 1 aromatic carbocycles. The van der Waals surface area contributed by atoms with Gasteiger partial charge in [-0.3, -0.25) is 0 Å². The molecule has 0 spiro atoms. The van der Waals surface area contributed by atoms with Crippen LogP contribution >= 0.6 is 0 Å². The Morgan fingerprint density at radius 1 is 1.00 bits per heavy atom. The molecule has 0 radical (unpaired) electrons. The fourth-order valence-corrected chi connectivity index (χ4v) is 2.72. The van der Waals surface area contributed by atoms with Crippen molar-refractivity contribution in [3.8, 4) is 0 Å². The molecule has 1 atom stereocenters. The van der Waals surface area contributed by atoms with Gasteiger partial charge in [-0.2, -0.15) is 0 Å². The van der Waals surface area contributed by atoms with E-state index < -0.39 is 17.6 Å². The number of carbonyl (C=O) groups is 1. The zero-order valence-electron chi connectivity index (χ0n) is 15.0. The smallest absolute Gasteiger partial charge is 0.341 e. The molecule has 0 amide bonds. The summed E-state index contributed by atoms with van der Waals surface area (Å²) >= 11 is 0. The second-order valence-corrected chi connectivity index (χ2v) is 6.32. The normalized spacial score (nSPS) is 12.2. The minimum Gasteiger partial charge on any atom is -0.459 e. The Morgan fingerprint density at radius 2 is 1.62 bits per heavy atom. The highest BCUT2D eigenvalue weighted by Gasteiger charge is 2.18. The van der Waals surface area contributed by atoms with E-state index in [-0.39, 0.29) is 11.7 Å². The number of halogens is 2. The van der Waals surface area contributed by atoms with Crippen LogP contribution < -0.4 is 0 Å². The first kappa shape index (κ1) is 20.6. The van der Waals surface area contributed by atoms with E-state index >= 15 is 0 Å². The molecule has 0 aliphatic heterocycles. The van der Waals surface area contributed by atoms with Crippen LogP contribution in [0.3, 0.4) is 0 Å². The minimum atomic E-state index is -0.779. The van der Waals surface area contributed by atoms with Crippen LogP contribution in [0.2, 0.25) is 0 Å². The molecular formula is C20H30F2O2. The van der Waals surface area contributed by atoms with Crippen molar-refractivity contribution < 1.29 is 18.3 Å². The molecule has 0 bridgehead atoms. The Morgan fingerprint density at radius 3 is 2.25 bits per heavy atom. The summed E-state index contributed by atoms with van der Waals surface area (Å²) in [5.74, 6) is -2.17. The third-order valence-corrected chi connectivity index (χ3v) is 4.26. The molecule has 0 N–H and O–H groups in total. The fourth-order valence-electron chi connectivity index (χ4n) is 2.72. The molecule has 0 saturated carbocycles. The Bertz CT molecular complexity index is 489. The lowest BCUT2D eigenvalue weighted by Crippen LogP contribution is -2.18. The van der Waals surface area contributed by atoms with Gasteiger partial charge in [0.2, 0.25) is 0 Å². The zero-order chi connectivity index (χ0) is 17.8. The highest BCUT2D eigenvalue weighted by atomic mass is 19.1. The summed E-state index contributed by atoms with van der Waals surface area (Å²) in [6, 6.07) is 2.83. The van der Waals surface area contributed by atoms with Gasteiger partial charge in [0, 0.05) is 0 Å². The largest absolute Gasteiger partial charge is 0.459 e. The average molecular weight is 340 g/mol. The van der Waals surface area contributed by atoms with Gasteiger partial charge in [-0.05, 0) is 37.5 Å². The second kappa shape index (κ2) is 12.0. The number of hydrogen-bond donors (Lipinski definition) is 0. The second-order valence-electron chi connectivity index (χ2n) is 6.32. The zero-order valence-corrected chi connectivity index (χ0v) is 15.0. The predicted octanol–water partition coefficient (Wildman–Crippen LogP) is 6.43. The molecule has 1 rings (SSSR count). The van der Waals surface area contributed by atoms with Crippen molar-refractivity contribution in [3.05, 3.63) is 35.4 Å². The van der Waals surface area contributed by atoms with Crippen LogP contribution in [-0.2, 0) is 4.74 Å². The highest BCUT2D eigenvalue weighted by molar-refractivity contribution is 5.89. The summed E-state index contributed by atoms with van der Waals surface area (Å²) in [7, 11) is 0. The molecular weight excluding hydrogens is 310 g/mol. The topological polar surface area (TPSA) is 26.3 Å². The summed E-state index contributed by atoms with van der Waals surface area (Å²) in [6.07, 6.45) is 11.0. The molecule has 1 aromatic rings. The van der Waals surface area contributed by atoms with Crippen LogP contribution in [0.15, 0.2) is 18.2 Å². The molecule has 0 aliphatic rings. The summed E-state index contributed by atoms with van der Waals surface area (Å²) in [5.41, 5.74) is -0.329. The molecule has 2 nitrogen and oxygen atoms in total. The van der Waals surface area contributed by atoms with Gasteiger partial charge in [0.25, 0.3) is 0 Å². The third-order valence-electron chi connectivity index (χ3n) is 4.26. The minimum absolute atomic E-state index is 0.236. The van der Waals surface area contributed by atoms with Gasteiger partial charge in [0.05, 0.1) is 5.56 Å². The number of carbonyl (C=O) groups excluding carboxylic acids is 1. The Hall–Kier alpha value is -1.45. The van der Waals surface area contributed by atoms with E-state index in [0.717, 1.165) is 37.5 Å².